The highest BCUT2D eigenvalue weighted by atomic mass is 15.1. The van der Waals surface area contributed by atoms with Crippen LogP contribution in [0.3, 0.4) is 0 Å². The first-order valence-corrected chi connectivity index (χ1v) is 7.76. The lowest BCUT2D eigenvalue weighted by atomic mass is 9.98. The fourth-order valence-electron chi connectivity index (χ4n) is 2.95. The lowest BCUT2D eigenvalue weighted by Crippen LogP contribution is -2.37. The fraction of sp³-hybridized carbons (Fsp3) is 0.647. The van der Waals surface area contributed by atoms with Crippen molar-refractivity contribution in [2.75, 3.05) is 45.7 Å². The second kappa shape index (κ2) is 7.09. The minimum Gasteiger partial charge on any atom is -0.378 e. The second-order valence-corrected chi connectivity index (χ2v) is 6.31. The van der Waals surface area contributed by atoms with Gasteiger partial charge in [-0.2, -0.15) is 0 Å². The number of nitrogens with one attached hydrogen (secondary N) is 1. The van der Waals surface area contributed by atoms with Crippen molar-refractivity contribution in [3.05, 3.63) is 29.8 Å². The van der Waals surface area contributed by atoms with Crippen LogP contribution in [0, 0.1) is 5.92 Å². The van der Waals surface area contributed by atoms with Crippen molar-refractivity contribution in [3.8, 4) is 0 Å². The zero-order chi connectivity index (χ0) is 14.5. The summed E-state index contributed by atoms with van der Waals surface area (Å²) in [6.45, 7) is 5.86. The molecule has 3 nitrogen and oxygen atoms in total. The summed E-state index contributed by atoms with van der Waals surface area (Å²) in [4.78, 5) is 4.63. The third-order valence-corrected chi connectivity index (χ3v) is 4.50. The highest BCUT2D eigenvalue weighted by Crippen LogP contribution is 2.23. The molecule has 0 saturated carbocycles. The van der Waals surface area contributed by atoms with Gasteiger partial charge >= 0.3 is 0 Å². The van der Waals surface area contributed by atoms with Crippen molar-refractivity contribution in [2.24, 2.45) is 5.92 Å². The average molecular weight is 275 g/mol. The Morgan fingerprint density at radius 3 is 2.45 bits per heavy atom. The molecular formula is C17H29N3. The lowest BCUT2D eigenvalue weighted by Gasteiger charge is -2.31. The number of benzene rings is 1. The van der Waals surface area contributed by atoms with E-state index in [0.717, 1.165) is 5.92 Å². The lowest BCUT2D eigenvalue weighted by molar-refractivity contribution is 0.199. The van der Waals surface area contributed by atoms with Crippen LogP contribution in [0.4, 0.5) is 5.69 Å². The fourth-order valence-corrected chi connectivity index (χ4v) is 2.95. The van der Waals surface area contributed by atoms with E-state index in [4.69, 9.17) is 0 Å². The van der Waals surface area contributed by atoms with Crippen LogP contribution < -0.4 is 10.2 Å². The van der Waals surface area contributed by atoms with Crippen LogP contribution in [-0.2, 0) is 0 Å². The van der Waals surface area contributed by atoms with Crippen LogP contribution in [0.25, 0.3) is 0 Å². The molecule has 1 heterocycles. The number of hydrogen-bond donors (Lipinski definition) is 1. The quantitative estimate of drug-likeness (QED) is 0.891. The van der Waals surface area contributed by atoms with Crippen LogP contribution in [0.5, 0.6) is 0 Å². The third-order valence-electron chi connectivity index (χ3n) is 4.50. The maximum atomic E-state index is 3.51. The van der Waals surface area contributed by atoms with Gasteiger partial charge in [-0.3, -0.25) is 4.90 Å². The van der Waals surface area contributed by atoms with Gasteiger partial charge in [-0.15, -0.1) is 0 Å². The summed E-state index contributed by atoms with van der Waals surface area (Å²) in [6.07, 6.45) is 2.69. The molecule has 1 aromatic rings. The van der Waals surface area contributed by atoms with Crippen LogP contribution in [0.1, 0.15) is 31.4 Å². The predicted octanol–water partition coefficient (Wildman–Crippen LogP) is 2.75. The number of rotatable bonds is 5. The average Bonchev–Trinajstić information content (AvgIpc) is 2.47. The summed E-state index contributed by atoms with van der Waals surface area (Å²) in [6, 6.07) is 9.42. The topological polar surface area (TPSA) is 18.5 Å². The van der Waals surface area contributed by atoms with Gasteiger partial charge in [-0.05, 0) is 63.5 Å². The Labute approximate surface area is 124 Å². The van der Waals surface area contributed by atoms with E-state index >= 15 is 0 Å². The summed E-state index contributed by atoms with van der Waals surface area (Å²) < 4.78 is 0. The molecule has 20 heavy (non-hydrogen) atoms. The molecule has 1 aromatic carbocycles. The van der Waals surface area contributed by atoms with Crippen LogP contribution in [-0.4, -0.2) is 45.7 Å². The molecule has 0 bridgehead atoms. The highest BCUT2D eigenvalue weighted by molar-refractivity contribution is 5.46. The van der Waals surface area contributed by atoms with E-state index in [0.29, 0.717) is 6.04 Å². The van der Waals surface area contributed by atoms with E-state index in [1.165, 1.54) is 43.7 Å². The van der Waals surface area contributed by atoms with Gasteiger partial charge in [0, 0.05) is 32.4 Å². The largest absolute Gasteiger partial charge is 0.378 e. The van der Waals surface area contributed by atoms with Gasteiger partial charge in [0.25, 0.3) is 0 Å². The summed E-state index contributed by atoms with van der Waals surface area (Å²) >= 11 is 0. The SMILES string of the molecule is CC(c1ccc(N(C)C)cc1)N(C)CC1CCCNC1. The van der Waals surface area contributed by atoms with Crippen molar-refractivity contribution >= 4 is 5.69 Å². The second-order valence-electron chi connectivity index (χ2n) is 6.31. The van der Waals surface area contributed by atoms with Gasteiger partial charge in [0.15, 0.2) is 0 Å². The number of hydrogen-bond acceptors (Lipinski definition) is 3. The Balaban J connectivity index is 1.93. The molecule has 1 aliphatic heterocycles. The van der Waals surface area contributed by atoms with Crippen LogP contribution in [0.2, 0.25) is 0 Å². The Bertz CT molecular complexity index is 393. The minimum atomic E-state index is 0.480. The number of anilines is 1. The number of nitrogens with zero attached hydrogens (tertiary/aromatic N) is 2. The van der Waals surface area contributed by atoms with Crippen molar-refractivity contribution in [2.45, 2.75) is 25.8 Å². The van der Waals surface area contributed by atoms with E-state index in [1.807, 2.05) is 0 Å². The summed E-state index contributed by atoms with van der Waals surface area (Å²) in [5.41, 5.74) is 2.67. The molecule has 0 aromatic heterocycles. The Morgan fingerprint density at radius 2 is 1.90 bits per heavy atom. The molecule has 0 amide bonds. The van der Waals surface area contributed by atoms with E-state index in [1.54, 1.807) is 0 Å². The molecule has 0 spiro atoms. The maximum absolute atomic E-state index is 3.51. The minimum absolute atomic E-state index is 0.480. The van der Waals surface area contributed by atoms with E-state index in [2.05, 4.69) is 67.4 Å². The van der Waals surface area contributed by atoms with E-state index in [9.17, 15) is 0 Å². The van der Waals surface area contributed by atoms with Crippen LogP contribution in [0.15, 0.2) is 24.3 Å². The third kappa shape index (κ3) is 3.97. The van der Waals surface area contributed by atoms with Gasteiger partial charge < -0.3 is 10.2 Å². The monoisotopic (exact) mass is 275 g/mol. The van der Waals surface area contributed by atoms with Gasteiger partial charge in [0.2, 0.25) is 0 Å². The zero-order valence-corrected chi connectivity index (χ0v) is 13.4. The van der Waals surface area contributed by atoms with E-state index in [-0.39, 0.29) is 0 Å². The predicted molar refractivity (Wildman–Crippen MR) is 87.4 cm³/mol. The van der Waals surface area contributed by atoms with Crippen molar-refractivity contribution in [1.29, 1.82) is 0 Å². The molecule has 0 aliphatic carbocycles. The maximum Gasteiger partial charge on any atom is 0.0361 e. The molecule has 3 heteroatoms. The van der Waals surface area contributed by atoms with Gasteiger partial charge in [-0.25, -0.2) is 0 Å². The van der Waals surface area contributed by atoms with Crippen molar-refractivity contribution in [1.82, 2.24) is 10.2 Å². The van der Waals surface area contributed by atoms with Crippen molar-refractivity contribution < 1.29 is 0 Å². The molecule has 1 N–H and O–H groups in total. The van der Waals surface area contributed by atoms with Gasteiger partial charge in [-0.1, -0.05) is 12.1 Å². The molecular weight excluding hydrogens is 246 g/mol. The standard InChI is InChI=1S/C17H29N3/c1-14(16-7-9-17(10-8-16)19(2)3)20(4)13-15-6-5-11-18-12-15/h7-10,14-15,18H,5-6,11-13H2,1-4H3. The molecule has 0 radical (unpaired) electrons. The van der Waals surface area contributed by atoms with Gasteiger partial charge in [0.1, 0.15) is 0 Å². The summed E-state index contributed by atoms with van der Waals surface area (Å²) in [5.74, 6) is 0.803. The zero-order valence-electron chi connectivity index (χ0n) is 13.4. The molecule has 112 valence electrons. The van der Waals surface area contributed by atoms with E-state index < -0.39 is 0 Å². The normalized spacial score (nSPS) is 20.9. The molecule has 2 unspecified atom stereocenters. The molecule has 2 rings (SSSR count). The summed E-state index contributed by atoms with van der Waals surface area (Å²) in [5, 5.41) is 3.51. The molecule has 1 fully saturated rings. The van der Waals surface area contributed by atoms with Crippen molar-refractivity contribution in [3.63, 3.8) is 0 Å². The Morgan fingerprint density at radius 1 is 1.20 bits per heavy atom. The smallest absolute Gasteiger partial charge is 0.0361 e. The van der Waals surface area contributed by atoms with Crippen LogP contribution >= 0.6 is 0 Å². The first kappa shape index (κ1) is 15.3. The first-order valence-electron chi connectivity index (χ1n) is 7.76. The number of piperidine rings is 1. The highest BCUT2D eigenvalue weighted by Gasteiger charge is 2.18. The van der Waals surface area contributed by atoms with Gasteiger partial charge in [0.05, 0.1) is 0 Å². The Kier molecular flexibility index (Phi) is 5.44. The molecule has 1 aliphatic rings. The Hall–Kier alpha value is -1.06. The first-order chi connectivity index (χ1) is 9.58. The summed E-state index contributed by atoms with van der Waals surface area (Å²) in [7, 11) is 6.42. The molecule has 1 saturated heterocycles. The molecule has 2 atom stereocenters.